The lowest BCUT2D eigenvalue weighted by atomic mass is 9.85. The summed E-state index contributed by atoms with van der Waals surface area (Å²) in [7, 11) is 1.67. The van der Waals surface area contributed by atoms with Gasteiger partial charge in [-0.15, -0.1) is 5.73 Å². The standard InChI is InChI=1S/C38H41N3O4/c1-8-33(27(3)38(4,5)6)40-20-21-41(37(42)44-25-28-14-10-9-11-15-28)34(24-40)32-18-19-35(45-39-32)31-23-29-16-12-13-17-30(29)26(2)22-36(31)43-7/h9-18,22-23,34,36H,1,3,20-21,24-25H2,2,4-7H3/t34-,36?/m0/s1. The first-order valence-electron chi connectivity index (χ1n) is 15.2. The Morgan fingerprint density at radius 3 is 2.53 bits per heavy atom. The van der Waals surface area contributed by atoms with Crippen LogP contribution in [0.4, 0.5) is 4.79 Å². The third-order valence-corrected chi connectivity index (χ3v) is 8.35. The molecule has 0 N–H and O–H groups in total. The summed E-state index contributed by atoms with van der Waals surface area (Å²) in [5.41, 5.74) is 13.6. The smallest absolute Gasteiger partial charge is 0.410 e. The molecule has 232 valence electrons. The number of allylic oxidation sites excluding steroid dienone is 2. The fourth-order valence-corrected chi connectivity index (χ4v) is 5.64. The van der Waals surface area contributed by atoms with Crippen LogP contribution in [0.1, 0.15) is 44.4 Å². The number of oxime groups is 1. The molecule has 0 saturated carbocycles. The molecule has 1 amide bonds. The summed E-state index contributed by atoms with van der Waals surface area (Å²) in [4.78, 5) is 23.4. The van der Waals surface area contributed by atoms with E-state index in [0.717, 1.165) is 39.1 Å². The predicted octanol–water partition coefficient (Wildman–Crippen LogP) is 7.52. The van der Waals surface area contributed by atoms with Crippen molar-refractivity contribution in [3.05, 3.63) is 131 Å². The number of hydrogen-bond donors (Lipinski definition) is 0. The number of fused-ring (bicyclic) bond motifs is 1. The minimum absolute atomic E-state index is 0.176. The van der Waals surface area contributed by atoms with Crippen LogP contribution < -0.4 is 0 Å². The molecule has 3 aliphatic rings. The van der Waals surface area contributed by atoms with Crippen LogP contribution in [0.15, 0.2) is 119 Å². The van der Waals surface area contributed by atoms with Gasteiger partial charge in [-0.25, -0.2) is 4.79 Å². The van der Waals surface area contributed by atoms with E-state index < -0.39 is 12.1 Å². The molecule has 0 radical (unpaired) electrons. The lowest BCUT2D eigenvalue weighted by molar-refractivity contribution is 0.0659. The van der Waals surface area contributed by atoms with Crippen LogP contribution in [-0.4, -0.2) is 60.5 Å². The van der Waals surface area contributed by atoms with Crippen LogP contribution in [0.25, 0.3) is 11.6 Å². The normalized spacial score (nSPS) is 19.5. The monoisotopic (exact) mass is 603 g/mol. The largest absolute Gasteiger partial charge is 0.445 e. The van der Waals surface area contributed by atoms with Gasteiger partial charge >= 0.3 is 6.09 Å². The van der Waals surface area contributed by atoms with Crippen molar-refractivity contribution in [2.24, 2.45) is 10.6 Å². The van der Waals surface area contributed by atoms with Gasteiger partial charge < -0.3 is 19.2 Å². The second-order valence-corrected chi connectivity index (χ2v) is 12.4. The molecule has 45 heavy (non-hydrogen) atoms. The van der Waals surface area contributed by atoms with Gasteiger partial charge in [-0.1, -0.05) is 99.4 Å². The number of nitrogens with zero attached hydrogens (tertiary/aromatic N) is 3. The molecular weight excluding hydrogens is 562 g/mol. The molecule has 2 aromatic carbocycles. The average molecular weight is 604 g/mol. The number of benzene rings is 2. The third kappa shape index (κ3) is 6.97. The molecule has 2 atom stereocenters. The molecule has 1 saturated heterocycles. The van der Waals surface area contributed by atoms with Crippen molar-refractivity contribution in [3.8, 4) is 0 Å². The van der Waals surface area contributed by atoms with Gasteiger partial charge in [0.25, 0.3) is 0 Å². The van der Waals surface area contributed by atoms with Crippen molar-refractivity contribution < 1.29 is 19.1 Å². The first-order valence-corrected chi connectivity index (χ1v) is 15.2. The molecule has 7 nitrogen and oxygen atoms in total. The van der Waals surface area contributed by atoms with Crippen molar-refractivity contribution in [2.75, 3.05) is 26.7 Å². The lowest BCUT2D eigenvalue weighted by Crippen LogP contribution is -2.58. The number of hydrogen-bond acceptors (Lipinski definition) is 6. The van der Waals surface area contributed by atoms with Gasteiger partial charge in [0.1, 0.15) is 18.4 Å². The van der Waals surface area contributed by atoms with Gasteiger partial charge in [-0.3, -0.25) is 4.90 Å². The van der Waals surface area contributed by atoms with E-state index in [4.69, 9.17) is 14.3 Å². The minimum atomic E-state index is -0.476. The summed E-state index contributed by atoms with van der Waals surface area (Å²) >= 11 is 0. The maximum Gasteiger partial charge on any atom is 0.410 e. The molecule has 1 fully saturated rings. The van der Waals surface area contributed by atoms with Crippen LogP contribution in [0.2, 0.25) is 0 Å². The first-order chi connectivity index (χ1) is 21.6. The molecule has 1 aliphatic carbocycles. The molecule has 2 aromatic rings. The highest BCUT2D eigenvalue weighted by Gasteiger charge is 2.37. The van der Waals surface area contributed by atoms with E-state index in [2.05, 4.69) is 86.7 Å². The third-order valence-electron chi connectivity index (χ3n) is 8.35. The predicted molar refractivity (Wildman–Crippen MR) is 179 cm³/mol. The summed E-state index contributed by atoms with van der Waals surface area (Å²) in [6.07, 6.45) is 5.16. The average Bonchev–Trinajstić information content (AvgIpc) is 3.20. The van der Waals surface area contributed by atoms with E-state index in [-0.39, 0.29) is 18.1 Å². The van der Waals surface area contributed by atoms with Gasteiger partial charge in [0.05, 0.1) is 11.7 Å². The Labute approximate surface area is 266 Å². The van der Waals surface area contributed by atoms with E-state index in [1.807, 2.05) is 42.5 Å². The molecule has 7 heteroatoms. The molecule has 0 bridgehead atoms. The van der Waals surface area contributed by atoms with Gasteiger partial charge in [-0.05, 0) is 52.3 Å². The highest BCUT2D eigenvalue weighted by Crippen LogP contribution is 2.34. The van der Waals surface area contributed by atoms with Crippen LogP contribution in [0.5, 0.6) is 0 Å². The Balaban J connectivity index is 1.46. The molecule has 0 aromatic heterocycles. The molecular formula is C38H41N3O4. The Morgan fingerprint density at radius 2 is 1.87 bits per heavy atom. The Kier molecular flexibility index (Phi) is 9.45. The quantitative estimate of drug-likeness (QED) is 0.242. The van der Waals surface area contributed by atoms with Crippen LogP contribution in [-0.2, 0) is 20.9 Å². The molecule has 2 heterocycles. The fourth-order valence-electron chi connectivity index (χ4n) is 5.64. The molecule has 2 aliphatic heterocycles. The number of piperazine rings is 1. The van der Waals surface area contributed by atoms with Crippen molar-refractivity contribution in [1.29, 1.82) is 0 Å². The zero-order valence-electron chi connectivity index (χ0n) is 26.8. The maximum atomic E-state index is 13.5. The van der Waals surface area contributed by atoms with E-state index in [1.165, 1.54) is 0 Å². The highest BCUT2D eigenvalue weighted by atomic mass is 16.6. The molecule has 1 unspecified atom stereocenters. The molecule has 5 rings (SSSR count). The number of ether oxygens (including phenoxy) is 2. The summed E-state index contributed by atoms with van der Waals surface area (Å²) in [5, 5.41) is 4.55. The van der Waals surface area contributed by atoms with E-state index in [1.54, 1.807) is 18.1 Å². The second kappa shape index (κ2) is 13.5. The summed E-state index contributed by atoms with van der Waals surface area (Å²) in [6.45, 7) is 18.3. The zero-order valence-corrected chi connectivity index (χ0v) is 26.8. The SMILES string of the molecule is C=C=C(C(=C)C(C)(C)C)N1CCN(C(=O)OCc2ccccc2)[C@H](C2=NOC(C3=Cc4ccccc4C(C)=CC3OC)=C=C2)C1. The Hall–Kier alpha value is -4.80. The van der Waals surface area contributed by atoms with Gasteiger partial charge in [0, 0.05) is 38.4 Å². The minimum Gasteiger partial charge on any atom is -0.445 e. The first kappa shape index (κ1) is 31.6. The van der Waals surface area contributed by atoms with E-state index >= 15 is 0 Å². The Morgan fingerprint density at radius 1 is 1.13 bits per heavy atom. The van der Waals surface area contributed by atoms with Crippen molar-refractivity contribution in [1.82, 2.24) is 9.80 Å². The van der Waals surface area contributed by atoms with Crippen molar-refractivity contribution in [2.45, 2.75) is 46.4 Å². The van der Waals surface area contributed by atoms with Crippen molar-refractivity contribution >= 4 is 23.5 Å². The fraction of sp³-hybridized carbons (Fsp3) is 0.316. The van der Waals surface area contributed by atoms with Crippen molar-refractivity contribution in [3.63, 3.8) is 0 Å². The lowest BCUT2D eigenvalue weighted by Gasteiger charge is -2.43. The highest BCUT2D eigenvalue weighted by molar-refractivity contribution is 6.01. The number of amides is 1. The summed E-state index contributed by atoms with van der Waals surface area (Å²) < 4.78 is 11.6. The van der Waals surface area contributed by atoms with Gasteiger partial charge in [-0.2, -0.15) is 0 Å². The summed E-state index contributed by atoms with van der Waals surface area (Å²) in [5.74, 6) is 0.463. The summed E-state index contributed by atoms with van der Waals surface area (Å²) in [6, 6.07) is 17.4. The number of rotatable bonds is 7. The topological polar surface area (TPSA) is 63.6 Å². The Bertz CT molecular complexity index is 1680. The van der Waals surface area contributed by atoms with Crippen LogP contribution >= 0.6 is 0 Å². The van der Waals surface area contributed by atoms with E-state index in [9.17, 15) is 4.79 Å². The number of carbonyl (C=O) groups excluding carboxylic acids is 1. The van der Waals surface area contributed by atoms with Gasteiger partial charge in [0.2, 0.25) is 5.76 Å². The zero-order chi connectivity index (χ0) is 32.1. The molecule has 0 spiro atoms. The maximum absolute atomic E-state index is 13.5. The van der Waals surface area contributed by atoms with Crippen LogP contribution in [0, 0.1) is 5.41 Å². The second-order valence-electron chi connectivity index (χ2n) is 12.4. The number of methoxy groups -OCH3 is 1. The van der Waals surface area contributed by atoms with Gasteiger partial charge in [0.15, 0.2) is 0 Å². The van der Waals surface area contributed by atoms with E-state index in [0.29, 0.717) is 31.1 Å². The van der Waals surface area contributed by atoms with Crippen LogP contribution in [0.3, 0.4) is 0 Å². The number of carbonyl (C=O) groups is 1.